The maximum Gasteiger partial charge on any atom is 0.254 e. The van der Waals surface area contributed by atoms with Gasteiger partial charge in [-0.15, -0.1) is 0 Å². The average molecular weight is 393 g/mol. The third-order valence-corrected chi connectivity index (χ3v) is 5.11. The first kappa shape index (κ1) is 17.0. The molecule has 0 saturated carbocycles. The quantitative estimate of drug-likeness (QED) is 0.803. The Kier molecular flexibility index (Phi) is 4.91. The molecule has 6 nitrogen and oxygen atoms in total. The van der Waals surface area contributed by atoms with Crippen LogP contribution in [0.2, 0.25) is 0 Å². The number of halogens is 1. The molecule has 128 valence electrons. The fraction of sp³-hybridized carbons (Fsp3) is 0.412. The van der Waals surface area contributed by atoms with Gasteiger partial charge in [-0.2, -0.15) is 0 Å². The van der Waals surface area contributed by atoms with E-state index in [9.17, 15) is 4.79 Å². The van der Waals surface area contributed by atoms with Crippen molar-refractivity contribution in [3.05, 3.63) is 46.5 Å². The normalized spacial score (nSPS) is 18.7. The molecule has 1 atom stereocenters. The van der Waals surface area contributed by atoms with Crippen LogP contribution in [0.1, 0.15) is 22.2 Å². The van der Waals surface area contributed by atoms with Crippen molar-refractivity contribution in [3.8, 4) is 5.75 Å². The molecule has 7 heteroatoms. The topological polar surface area (TPSA) is 50.6 Å². The predicted molar refractivity (Wildman–Crippen MR) is 95.2 cm³/mol. The third-order valence-electron chi connectivity index (χ3n) is 4.49. The number of piperazine rings is 1. The van der Waals surface area contributed by atoms with Crippen LogP contribution >= 0.6 is 15.9 Å². The number of benzene rings is 1. The van der Waals surface area contributed by atoms with Crippen LogP contribution in [0.15, 0.2) is 35.1 Å². The van der Waals surface area contributed by atoms with Crippen molar-refractivity contribution in [2.24, 2.45) is 7.05 Å². The number of nitrogens with zero attached hydrogens (tertiary/aromatic N) is 4. The second-order valence-corrected chi connectivity index (χ2v) is 6.85. The summed E-state index contributed by atoms with van der Waals surface area (Å²) in [6.45, 7) is 2.16. The molecule has 1 amide bonds. The zero-order valence-corrected chi connectivity index (χ0v) is 15.7. The zero-order chi connectivity index (χ0) is 17.3. The molecular weight excluding hydrogens is 372 g/mol. The first-order chi connectivity index (χ1) is 11.5. The third kappa shape index (κ3) is 3.18. The second kappa shape index (κ2) is 6.94. The number of amides is 1. The number of hydrogen-bond acceptors (Lipinski definition) is 4. The standard InChI is InChI=1S/C17H21BrN4O2/c1-20-8-9-22(11-14(20)16-19-6-7-21(16)2)17(23)12-4-5-15(24-3)13(18)10-12/h4-7,10,14H,8-9,11H2,1-3H3. The molecule has 0 spiro atoms. The highest BCUT2D eigenvalue weighted by Gasteiger charge is 2.31. The van der Waals surface area contributed by atoms with Crippen LogP contribution in [0.5, 0.6) is 5.75 Å². The minimum absolute atomic E-state index is 0.0330. The molecule has 0 radical (unpaired) electrons. The molecule has 0 bridgehead atoms. The van der Waals surface area contributed by atoms with Gasteiger partial charge in [-0.1, -0.05) is 0 Å². The van der Waals surface area contributed by atoms with Gasteiger partial charge in [-0.3, -0.25) is 9.69 Å². The summed E-state index contributed by atoms with van der Waals surface area (Å²) in [6.07, 6.45) is 3.73. The van der Waals surface area contributed by atoms with E-state index >= 15 is 0 Å². The lowest BCUT2D eigenvalue weighted by Gasteiger charge is -2.39. The molecule has 1 unspecified atom stereocenters. The van der Waals surface area contributed by atoms with Gasteiger partial charge in [-0.25, -0.2) is 4.98 Å². The van der Waals surface area contributed by atoms with Gasteiger partial charge in [0.15, 0.2) is 0 Å². The maximum absolute atomic E-state index is 12.9. The zero-order valence-electron chi connectivity index (χ0n) is 14.1. The summed E-state index contributed by atoms with van der Waals surface area (Å²) in [5, 5.41) is 0. The van der Waals surface area contributed by atoms with E-state index in [0.717, 1.165) is 22.6 Å². The monoisotopic (exact) mass is 392 g/mol. The van der Waals surface area contributed by atoms with Gasteiger partial charge in [0.1, 0.15) is 11.6 Å². The van der Waals surface area contributed by atoms with Crippen LogP contribution in [0.4, 0.5) is 0 Å². The number of likely N-dealkylation sites (N-methyl/N-ethyl adjacent to an activating group) is 1. The Hall–Kier alpha value is -1.86. The Bertz CT molecular complexity index is 746. The van der Waals surface area contributed by atoms with Gasteiger partial charge >= 0.3 is 0 Å². The van der Waals surface area contributed by atoms with Crippen LogP contribution in [-0.2, 0) is 7.05 Å². The molecule has 1 aromatic heterocycles. The van der Waals surface area contributed by atoms with Crippen molar-refractivity contribution in [2.75, 3.05) is 33.8 Å². The minimum Gasteiger partial charge on any atom is -0.496 e. The number of carbonyl (C=O) groups is 1. The molecule has 2 aromatic rings. The van der Waals surface area contributed by atoms with Crippen LogP contribution < -0.4 is 4.74 Å². The van der Waals surface area contributed by atoms with Crippen molar-refractivity contribution in [3.63, 3.8) is 0 Å². The number of ether oxygens (including phenoxy) is 1. The van der Waals surface area contributed by atoms with Crippen LogP contribution in [0.3, 0.4) is 0 Å². The first-order valence-corrected chi connectivity index (χ1v) is 8.61. The fourth-order valence-corrected chi connectivity index (χ4v) is 3.56. The summed E-state index contributed by atoms with van der Waals surface area (Å²) in [7, 11) is 5.67. The number of hydrogen-bond donors (Lipinski definition) is 0. The molecule has 2 heterocycles. The van der Waals surface area contributed by atoms with Gasteiger partial charge < -0.3 is 14.2 Å². The first-order valence-electron chi connectivity index (χ1n) is 7.81. The van der Waals surface area contributed by atoms with Gasteiger partial charge in [0.25, 0.3) is 5.91 Å². The van der Waals surface area contributed by atoms with E-state index in [0.29, 0.717) is 18.7 Å². The van der Waals surface area contributed by atoms with Crippen molar-refractivity contribution in [2.45, 2.75) is 6.04 Å². The Morgan fingerprint density at radius 3 is 2.75 bits per heavy atom. The van der Waals surface area contributed by atoms with Crippen molar-refractivity contribution >= 4 is 21.8 Å². The van der Waals surface area contributed by atoms with Gasteiger partial charge in [0.2, 0.25) is 0 Å². The number of rotatable bonds is 3. The Morgan fingerprint density at radius 2 is 2.12 bits per heavy atom. The molecule has 1 aliphatic rings. The van der Waals surface area contributed by atoms with Crippen LogP contribution in [-0.4, -0.2) is 59.0 Å². The molecule has 0 aliphatic carbocycles. The molecule has 1 aromatic carbocycles. The van der Waals surface area contributed by atoms with E-state index < -0.39 is 0 Å². The van der Waals surface area contributed by atoms with Crippen molar-refractivity contribution in [1.29, 1.82) is 0 Å². The van der Waals surface area contributed by atoms with E-state index in [1.165, 1.54) is 0 Å². The van der Waals surface area contributed by atoms with Crippen molar-refractivity contribution < 1.29 is 9.53 Å². The summed E-state index contributed by atoms with van der Waals surface area (Å²) in [4.78, 5) is 21.5. The van der Waals surface area contributed by atoms with Gasteiger partial charge in [0, 0.05) is 44.6 Å². The maximum atomic E-state index is 12.9. The Labute approximate surface area is 150 Å². The molecule has 1 aliphatic heterocycles. The van der Waals surface area contributed by atoms with Gasteiger partial charge in [-0.05, 0) is 41.2 Å². The van der Waals surface area contributed by atoms with E-state index in [2.05, 4.69) is 32.9 Å². The van der Waals surface area contributed by atoms with Gasteiger partial charge in [0.05, 0.1) is 17.6 Å². The van der Waals surface area contributed by atoms with E-state index in [1.54, 1.807) is 19.4 Å². The van der Waals surface area contributed by atoms with E-state index in [1.807, 2.05) is 34.8 Å². The number of aromatic nitrogens is 2. The number of methoxy groups -OCH3 is 1. The lowest BCUT2D eigenvalue weighted by molar-refractivity contribution is 0.0528. The summed E-state index contributed by atoms with van der Waals surface area (Å²) >= 11 is 3.44. The molecule has 24 heavy (non-hydrogen) atoms. The second-order valence-electron chi connectivity index (χ2n) is 5.99. The number of aryl methyl sites for hydroxylation is 1. The molecule has 1 saturated heterocycles. The molecular formula is C17H21BrN4O2. The number of imidazole rings is 1. The van der Waals surface area contributed by atoms with E-state index in [4.69, 9.17) is 4.74 Å². The molecule has 0 N–H and O–H groups in total. The summed E-state index contributed by atoms with van der Waals surface area (Å²) in [5.74, 6) is 1.73. The Balaban J connectivity index is 1.80. The number of carbonyl (C=O) groups excluding carboxylic acids is 1. The van der Waals surface area contributed by atoms with E-state index in [-0.39, 0.29) is 11.9 Å². The minimum atomic E-state index is 0.0330. The fourth-order valence-electron chi connectivity index (χ4n) is 3.02. The summed E-state index contributed by atoms with van der Waals surface area (Å²) in [5.41, 5.74) is 0.658. The highest BCUT2D eigenvalue weighted by atomic mass is 79.9. The van der Waals surface area contributed by atoms with Crippen LogP contribution in [0.25, 0.3) is 0 Å². The van der Waals surface area contributed by atoms with Crippen LogP contribution in [0, 0.1) is 0 Å². The summed E-state index contributed by atoms with van der Waals surface area (Å²) < 4.78 is 8.02. The SMILES string of the molecule is COc1ccc(C(=O)N2CCN(C)C(c3nccn3C)C2)cc1Br. The smallest absolute Gasteiger partial charge is 0.254 e. The highest BCUT2D eigenvalue weighted by molar-refractivity contribution is 9.10. The largest absolute Gasteiger partial charge is 0.496 e. The average Bonchev–Trinajstić information content (AvgIpc) is 3.00. The predicted octanol–water partition coefficient (Wildman–Crippen LogP) is 2.32. The highest BCUT2D eigenvalue weighted by Crippen LogP contribution is 2.28. The lowest BCUT2D eigenvalue weighted by atomic mass is 10.1. The molecule has 1 fully saturated rings. The lowest BCUT2D eigenvalue weighted by Crippen LogP contribution is -2.49. The Morgan fingerprint density at radius 1 is 1.33 bits per heavy atom. The molecule has 3 rings (SSSR count). The van der Waals surface area contributed by atoms with Crippen molar-refractivity contribution in [1.82, 2.24) is 19.4 Å². The summed E-state index contributed by atoms with van der Waals surface area (Å²) in [6, 6.07) is 5.53.